The molecule has 0 aromatic carbocycles. The first kappa shape index (κ1) is 14.0. The highest BCUT2D eigenvalue weighted by molar-refractivity contribution is 5.54. The van der Waals surface area contributed by atoms with Crippen LogP contribution in [-0.4, -0.2) is 23.7 Å². The first-order valence-electron chi connectivity index (χ1n) is 7.05. The fourth-order valence-corrected chi connectivity index (χ4v) is 2.49. The zero-order valence-electron chi connectivity index (χ0n) is 12.4. The molecule has 4 heteroatoms. The molecule has 1 aliphatic carbocycles. The minimum absolute atomic E-state index is 0.286. The summed E-state index contributed by atoms with van der Waals surface area (Å²) >= 11 is 0. The van der Waals surface area contributed by atoms with E-state index in [-0.39, 0.29) is 5.60 Å². The van der Waals surface area contributed by atoms with Crippen LogP contribution in [0.5, 0.6) is 5.88 Å². The molecule has 0 amide bonds. The van der Waals surface area contributed by atoms with Gasteiger partial charge in [0.2, 0.25) is 5.88 Å². The first-order chi connectivity index (χ1) is 8.87. The number of hydrogen-bond acceptors (Lipinski definition) is 4. The maximum absolute atomic E-state index is 5.94. The molecule has 1 fully saturated rings. The molecule has 0 saturated heterocycles. The van der Waals surface area contributed by atoms with Gasteiger partial charge in [0, 0.05) is 13.1 Å². The van der Waals surface area contributed by atoms with Crippen LogP contribution in [0.4, 0.5) is 11.5 Å². The van der Waals surface area contributed by atoms with Crippen LogP contribution in [0.2, 0.25) is 0 Å². The van der Waals surface area contributed by atoms with Gasteiger partial charge in [-0.2, -0.15) is 4.98 Å². The van der Waals surface area contributed by atoms with Crippen LogP contribution in [-0.2, 0) is 0 Å². The van der Waals surface area contributed by atoms with Crippen molar-refractivity contribution >= 4 is 11.5 Å². The highest BCUT2D eigenvalue weighted by Crippen LogP contribution is 2.30. The molecular weight excluding hydrogens is 238 g/mol. The van der Waals surface area contributed by atoms with E-state index in [0.29, 0.717) is 17.6 Å². The van der Waals surface area contributed by atoms with E-state index in [2.05, 4.69) is 16.9 Å². The lowest BCUT2D eigenvalue weighted by Crippen LogP contribution is -2.30. The summed E-state index contributed by atoms with van der Waals surface area (Å²) in [6.45, 7) is 6.00. The van der Waals surface area contributed by atoms with Crippen LogP contribution in [0, 0.1) is 0 Å². The maximum atomic E-state index is 5.94. The minimum Gasteiger partial charge on any atom is -0.470 e. The number of hydrogen-bond donors (Lipinski definition) is 1. The molecule has 0 aliphatic heterocycles. The van der Waals surface area contributed by atoms with Gasteiger partial charge in [-0.05, 0) is 45.7 Å². The van der Waals surface area contributed by atoms with Gasteiger partial charge in [0.25, 0.3) is 0 Å². The first-order valence-corrected chi connectivity index (χ1v) is 7.05. The van der Waals surface area contributed by atoms with Crippen molar-refractivity contribution in [1.29, 1.82) is 0 Å². The number of nitrogens with two attached hydrogens (primary N) is 1. The molecule has 19 heavy (non-hydrogen) atoms. The quantitative estimate of drug-likeness (QED) is 0.909. The fourth-order valence-electron chi connectivity index (χ4n) is 2.49. The second-order valence-corrected chi connectivity index (χ2v) is 6.33. The summed E-state index contributed by atoms with van der Waals surface area (Å²) in [5, 5.41) is 0. The summed E-state index contributed by atoms with van der Waals surface area (Å²) in [5.41, 5.74) is 6.25. The summed E-state index contributed by atoms with van der Waals surface area (Å²) in [7, 11) is 2.11. The van der Waals surface area contributed by atoms with Crippen LogP contribution < -0.4 is 15.4 Å². The Balaban J connectivity index is 2.19. The van der Waals surface area contributed by atoms with Crippen LogP contribution in [0.1, 0.15) is 46.5 Å². The van der Waals surface area contributed by atoms with Crippen molar-refractivity contribution in [2.24, 2.45) is 0 Å². The van der Waals surface area contributed by atoms with Gasteiger partial charge >= 0.3 is 0 Å². The number of rotatable bonds is 3. The predicted molar refractivity (Wildman–Crippen MR) is 79.7 cm³/mol. The average molecular weight is 263 g/mol. The van der Waals surface area contributed by atoms with Crippen molar-refractivity contribution in [2.45, 2.75) is 58.1 Å². The van der Waals surface area contributed by atoms with Crippen LogP contribution in [0.25, 0.3) is 0 Å². The van der Waals surface area contributed by atoms with Crippen molar-refractivity contribution in [3.63, 3.8) is 0 Å². The average Bonchev–Trinajstić information content (AvgIpc) is 2.83. The molecule has 0 unspecified atom stereocenters. The lowest BCUT2D eigenvalue weighted by molar-refractivity contribution is 0.125. The second-order valence-electron chi connectivity index (χ2n) is 6.33. The molecular formula is C15H25N3O. The van der Waals surface area contributed by atoms with Gasteiger partial charge in [-0.1, -0.05) is 12.8 Å². The van der Waals surface area contributed by atoms with Gasteiger partial charge in [-0.15, -0.1) is 0 Å². The van der Waals surface area contributed by atoms with E-state index < -0.39 is 0 Å². The van der Waals surface area contributed by atoms with E-state index in [1.807, 2.05) is 32.9 Å². The zero-order chi connectivity index (χ0) is 14.0. The minimum atomic E-state index is -0.286. The third-order valence-electron chi connectivity index (χ3n) is 3.51. The number of ether oxygens (including phenoxy) is 1. The van der Waals surface area contributed by atoms with E-state index >= 15 is 0 Å². The van der Waals surface area contributed by atoms with E-state index in [4.69, 9.17) is 10.5 Å². The van der Waals surface area contributed by atoms with Crippen molar-refractivity contribution in [2.75, 3.05) is 17.7 Å². The SMILES string of the molecule is CN(c1ccc(N)c(OC(C)(C)C)n1)C1CCCC1. The monoisotopic (exact) mass is 263 g/mol. The molecule has 0 atom stereocenters. The molecule has 0 bridgehead atoms. The summed E-state index contributed by atoms with van der Waals surface area (Å²) in [6.07, 6.45) is 5.13. The summed E-state index contributed by atoms with van der Waals surface area (Å²) in [4.78, 5) is 6.83. The smallest absolute Gasteiger partial charge is 0.239 e. The highest BCUT2D eigenvalue weighted by atomic mass is 16.5. The lowest BCUT2D eigenvalue weighted by atomic mass is 10.2. The van der Waals surface area contributed by atoms with Gasteiger partial charge in [0.15, 0.2) is 0 Å². The van der Waals surface area contributed by atoms with Crippen LogP contribution in [0.3, 0.4) is 0 Å². The largest absolute Gasteiger partial charge is 0.470 e. The van der Waals surface area contributed by atoms with Gasteiger partial charge in [-0.25, -0.2) is 0 Å². The van der Waals surface area contributed by atoms with Crippen LogP contribution >= 0.6 is 0 Å². The molecule has 106 valence electrons. The molecule has 1 aliphatic rings. The summed E-state index contributed by atoms with van der Waals surface area (Å²) in [5.74, 6) is 1.48. The molecule has 2 rings (SSSR count). The van der Waals surface area contributed by atoms with E-state index in [9.17, 15) is 0 Å². The molecule has 2 N–H and O–H groups in total. The Bertz CT molecular complexity index is 434. The van der Waals surface area contributed by atoms with Crippen molar-refractivity contribution in [1.82, 2.24) is 4.98 Å². The maximum Gasteiger partial charge on any atom is 0.239 e. The number of anilines is 2. The Morgan fingerprint density at radius 3 is 2.47 bits per heavy atom. The number of pyridine rings is 1. The Hall–Kier alpha value is -1.45. The third-order valence-corrected chi connectivity index (χ3v) is 3.51. The Kier molecular flexibility index (Phi) is 3.88. The second kappa shape index (κ2) is 5.27. The standard InChI is InChI=1S/C15H25N3O/c1-15(2,3)19-14-12(16)9-10-13(17-14)18(4)11-7-5-6-8-11/h9-11H,5-8,16H2,1-4H3. The van der Waals surface area contributed by atoms with Gasteiger partial charge in [0.05, 0.1) is 5.69 Å². The van der Waals surface area contributed by atoms with E-state index in [1.54, 1.807) is 0 Å². The van der Waals surface area contributed by atoms with Crippen LogP contribution in [0.15, 0.2) is 12.1 Å². The summed E-state index contributed by atoms with van der Waals surface area (Å²) < 4.78 is 5.82. The summed E-state index contributed by atoms with van der Waals surface area (Å²) in [6, 6.07) is 4.46. The topological polar surface area (TPSA) is 51.4 Å². The number of nitrogens with zero attached hydrogens (tertiary/aromatic N) is 2. The number of aromatic nitrogens is 1. The van der Waals surface area contributed by atoms with Gasteiger partial charge in [-0.3, -0.25) is 0 Å². The van der Waals surface area contributed by atoms with Gasteiger partial charge in [0.1, 0.15) is 11.4 Å². The molecule has 4 nitrogen and oxygen atoms in total. The molecule has 1 saturated carbocycles. The number of nitrogen functional groups attached to an aromatic ring is 1. The van der Waals surface area contributed by atoms with Crippen molar-refractivity contribution in [3.8, 4) is 5.88 Å². The Labute approximate surface area is 116 Å². The third kappa shape index (κ3) is 3.52. The molecule has 1 aromatic heterocycles. The van der Waals surface area contributed by atoms with E-state index in [1.165, 1.54) is 25.7 Å². The van der Waals surface area contributed by atoms with E-state index in [0.717, 1.165) is 5.82 Å². The fraction of sp³-hybridized carbons (Fsp3) is 0.667. The van der Waals surface area contributed by atoms with Crippen molar-refractivity contribution in [3.05, 3.63) is 12.1 Å². The Morgan fingerprint density at radius 2 is 1.89 bits per heavy atom. The molecule has 1 heterocycles. The lowest BCUT2D eigenvalue weighted by Gasteiger charge is -2.27. The highest BCUT2D eigenvalue weighted by Gasteiger charge is 2.22. The normalized spacial score (nSPS) is 16.6. The molecule has 1 aromatic rings. The zero-order valence-corrected chi connectivity index (χ0v) is 12.4. The molecule has 0 radical (unpaired) electrons. The van der Waals surface area contributed by atoms with Crippen molar-refractivity contribution < 1.29 is 4.74 Å². The predicted octanol–water partition coefficient (Wildman–Crippen LogP) is 3.22. The molecule has 0 spiro atoms. The Morgan fingerprint density at radius 1 is 1.26 bits per heavy atom. The van der Waals surface area contributed by atoms with Gasteiger partial charge < -0.3 is 15.4 Å².